The predicted molar refractivity (Wildman–Crippen MR) is 73.3 cm³/mol. The molecule has 1 aliphatic heterocycles. The molecule has 3 nitrogen and oxygen atoms in total. The first-order valence-electron chi connectivity index (χ1n) is 6.19. The third-order valence-corrected chi connectivity index (χ3v) is 3.79. The quantitative estimate of drug-likeness (QED) is 0.620. The Bertz CT molecular complexity index is 468. The molecule has 0 aliphatic carbocycles. The molecule has 1 fully saturated rings. The maximum atomic E-state index is 12.1. The average molecular weight is 244 g/mol. The Morgan fingerprint density at radius 1 is 1.00 bits per heavy atom. The molecular weight excluding hydrogens is 224 g/mol. The summed E-state index contributed by atoms with van der Waals surface area (Å²) < 4.78 is 0. The van der Waals surface area contributed by atoms with Crippen molar-refractivity contribution in [1.29, 1.82) is 0 Å². The van der Waals surface area contributed by atoms with Crippen LogP contribution in [0.2, 0.25) is 0 Å². The van der Waals surface area contributed by atoms with E-state index >= 15 is 0 Å². The molecule has 1 saturated heterocycles. The van der Waals surface area contributed by atoms with E-state index in [-0.39, 0.29) is 16.9 Å². The Kier molecular flexibility index (Phi) is 2.93. The fraction of sp³-hybridized carbons (Fsp3) is 0.400. The maximum absolute atomic E-state index is 12.1. The second kappa shape index (κ2) is 4.16. The van der Waals surface area contributed by atoms with Crippen LogP contribution >= 0.6 is 0 Å². The van der Waals surface area contributed by atoms with Crippen molar-refractivity contribution >= 4 is 5.78 Å². The van der Waals surface area contributed by atoms with Gasteiger partial charge in [0.15, 0.2) is 5.78 Å². The van der Waals surface area contributed by atoms with Gasteiger partial charge in [-0.05, 0) is 27.7 Å². The van der Waals surface area contributed by atoms with Crippen molar-refractivity contribution in [3.63, 3.8) is 0 Å². The van der Waals surface area contributed by atoms with Crippen LogP contribution in [0.25, 0.3) is 0 Å². The van der Waals surface area contributed by atoms with E-state index in [9.17, 15) is 4.79 Å². The lowest BCUT2D eigenvalue weighted by atomic mass is 9.85. The normalized spacial score (nSPS) is 19.9. The second-order valence-electron chi connectivity index (χ2n) is 5.79. The molecule has 0 radical (unpaired) electrons. The lowest BCUT2D eigenvalue weighted by Crippen LogP contribution is -2.51. The minimum atomic E-state index is -0.0875. The lowest BCUT2D eigenvalue weighted by Gasteiger charge is -2.33. The Morgan fingerprint density at radius 3 is 2.00 bits per heavy atom. The van der Waals surface area contributed by atoms with Gasteiger partial charge in [-0.1, -0.05) is 30.3 Å². The summed E-state index contributed by atoms with van der Waals surface area (Å²) in [7, 11) is 0. The highest BCUT2D eigenvalue weighted by molar-refractivity contribution is 6.04. The SMILES string of the molecule is CC1(C)NC(=CC(=O)c2ccccc2)NC1(C)C. The first kappa shape index (κ1) is 12.7. The van der Waals surface area contributed by atoms with Crippen LogP contribution in [0.3, 0.4) is 0 Å². The van der Waals surface area contributed by atoms with Gasteiger partial charge in [-0.25, -0.2) is 0 Å². The molecule has 0 unspecified atom stereocenters. The van der Waals surface area contributed by atoms with Crippen molar-refractivity contribution < 1.29 is 4.79 Å². The molecule has 96 valence electrons. The van der Waals surface area contributed by atoms with Crippen LogP contribution in [-0.2, 0) is 0 Å². The van der Waals surface area contributed by atoms with E-state index in [4.69, 9.17) is 0 Å². The van der Waals surface area contributed by atoms with E-state index in [0.717, 1.165) is 5.82 Å². The molecule has 2 N–H and O–H groups in total. The largest absolute Gasteiger partial charge is 0.365 e. The van der Waals surface area contributed by atoms with Gasteiger partial charge in [0.2, 0.25) is 0 Å². The first-order valence-corrected chi connectivity index (χ1v) is 6.19. The van der Waals surface area contributed by atoms with Crippen LogP contribution in [0.15, 0.2) is 42.2 Å². The predicted octanol–water partition coefficient (Wildman–Crippen LogP) is 2.46. The number of carbonyl (C=O) groups is 1. The summed E-state index contributed by atoms with van der Waals surface area (Å²) in [6.07, 6.45) is 1.63. The fourth-order valence-electron chi connectivity index (χ4n) is 1.91. The highest BCUT2D eigenvalue weighted by Crippen LogP contribution is 2.28. The Morgan fingerprint density at radius 2 is 1.50 bits per heavy atom. The smallest absolute Gasteiger partial charge is 0.189 e. The first-order chi connectivity index (χ1) is 8.32. The molecule has 1 aliphatic rings. The van der Waals surface area contributed by atoms with Gasteiger partial charge in [0.05, 0.1) is 11.1 Å². The summed E-state index contributed by atoms with van der Waals surface area (Å²) in [6.45, 7) is 8.48. The van der Waals surface area contributed by atoms with Gasteiger partial charge < -0.3 is 10.6 Å². The van der Waals surface area contributed by atoms with Crippen LogP contribution < -0.4 is 10.6 Å². The highest BCUT2D eigenvalue weighted by Gasteiger charge is 2.43. The van der Waals surface area contributed by atoms with Crippen molar-refractivity contribution in [3.05, 3.63) is 47.8 Å². The van der Waals surface area contributed by atoms with Gasteiger partial charge in [0.25, 0.3) is 0 Å². The molecule has 0 spiro atoms. The molecule has 2 rings (SSSR count). The molecule has 3 heteroatoms. The molecular formula is C15H20N2O. The topological polar surface area (TPSA) is 41.1 Å². The van der Waals surface area contributed by atoms with Gasteiger partial charge in [-0.2, -0.15) is 0 Å². The summed E-state index contributed by atoms with van der Waals surface area (Å²) in [5.41, 5.74) is 0.530. The molecule has 1 heterocycles. The number of nitrogens with one attached hydrogen (secondary N) is 2. The summed E-state index contributed by atoms with van der Waals surface area (Å²) in [6, 6.07) is 9.29. The summed E-state index contributed by atoms with van der Waals surface area (Å²) in [5, 5.41) is 6.70. The standard InChI is InChI=1S/C15H20N2O/c1-14(2)15(3,4)17-13(16-14)10-12(18)11-8-6-5-7-9-11/h5-10,16-17H,1-4H3. The number of hydrogen-bond acceptors (Lipinski definition) is 3. The highest BCUT2D eigenvalue weighted by atomic mass is 16.1. The van der Waals surface area contributed by atoms with Crippen LogP contribution in [0, 0.1) is 0 Å². The number of carbonyl (C=O) groups excluding carboxylic acids is 1. The molecule has 0 bridgehead atoms. The molecule has 0 amide bonds. The Labute approximate surface area is 108 Å². The molecule has 0 saturated carbocycles. The number of allylic oxidation sites excluding steroid dienone is 1. The maximum Gasteiger partial charge on any atom is 0.189 e. The van der Waals surface area contributed by atoms with Crippen molar-refractivity contribution in [3.8, 4) is 0 Å². The number of hydrogen-bond donors (Lipinski definition) is 2. The van der Waals surface area contributed by atoms with E-state index in [0.29, 0.717) is 5.56 Å². The second-order valence-corrected chi connectivity index (χ2v) is 5.79. The van der Waals surface area contributed by atoms with Gasteiger partial charge in [0.1, 0.15) is 5.82 Å². The van der Waals surface area contributed by atoms with Crippen molar-refractivity contribution in [2.75, 3.05) is 0 Å². The minimum absolute atomic E-state index is 0.0131. The number of rotatable bonds is 2. The Balaban J connectivity index is 2.20. The molecule has 18 heavy (non-hydrogen) atoms. The summed E-state index contributed by atoms with van der Waals surface area (Å²) >= 11 is 0. The molecule has 1 aromatic rings. The molecule has 0 atom stereocenters. The zero-order valence-corrected chi connectivity index (χ0v) is 11.4. The zero-order valence-electron chi connectivity index (χ0n) is 11.4. The number of ketones is 1. The van der Waals surface area contributed by atoms with E-state index in [1.807, 2.05) is 30.3 Å². The van der Waals surface area contributed by atoms with Crippen molar-refractivity contribution in [1.82, 2.24) is 10.6 Å². The van der Waals surface area contributed by atoms with Crippen LogP contribution in [0.5, 0.6) is 0 Å². The lowest BCUT2D eigenvalue weighted by molar-refractivity contribution is 0.104. The molecule has 1 aromatic carbocycles. The van der Waals surface area contributed by atoms with E-state index in [1.165, 1.54) is 0 Å². The Hall–Kier alpha value is -1.77. The van der Waals surface area contributed by atoms with Gasteiger partial charge in [-0.15, -0.1) is 0 Å². The molecule has 0 aromatic heterocycles. The van der Waals surface area contributed by atoms with Crippen LogP contribution in [0.1, 0.15) is 38.1 Å². The third kappa shape index (κ3) is 2.26. The van der Waals surface area contributed by atoms with Gasteiger partial charge in [0, 0.05) is 11.6 Å². The van der Waals surface area contributed by atoms with E-state index in [1.54, 1.807) is 6.08 Å². The number of benzene rings is 1. The van der Waals surface area contributed by atoms with Gasteiger partial charge >= 0.3 is 0 Å². The van der Waals surface area contributed by atoms with Crippen LogP contribution in [-0.4, -0.2) is 16.9 Å². The van der Waals surface area contributed by atoms with E-state index in [2.05, 4.69) is 38.3 Å². The monoisotopic (exact) mass is 244 g/mol. The third-order valence-electron chi connectivity index (χ3n) is 3.79. The van der Waals surface area contributed by atoms with Crippen molar-refractivity contribution in [2.45, 2.75) is 38.8 Å². The summed E-state index contributed by atoms with van der Waals surface area (Å²) in [4.78, 5) is 12.1. The average Bonchev–Trinajstić information content (AvgIpc) is 2.48. The van der Waals surface area contributed by atoms with Crippen molar-refractivity contribution in [2.24, 2.45) is 0 Å². The van der Waals surface area contributed by atoms with Crippen LogP contribution in [0.4, 0.5) is 0 Å². The van der Waals surface area contributed by atoms with E-state index < -0.39 is 0 Å². The fourth-order valence-corrected chi connectivity index (χ4v) is 1.91. The zero-order chi connectivity index (χ0) is 13.4. The summed E-state index contributed by atoms with van der Waals surface area (Å²) in [5.74, 6) is 0.804. The van der Waals surface area contributed by atoms with Gasteiger partial charge in [-0.3, -0.25) is 4.79 Å². The minimum Gasteiger partial charge on any atom is -0.365 e.